The average Bonchev–Trinajstić information content (AvgIpc) is 3.25. The molecule has 370 valence electrons. The standard InChI is InChI=1S/C42H64N12O13/c1-6-22(4)36-41(66)50-25(11-13-30(43)56)38(63)52-29(17-31(44)57)39(64)51-26(42(67)54(5)20-35(61)49-27(15-21(2)3)37(62)47-18-32(45)58)12-14-33(59)46-19-34(60)48-28(40(65)53-36)16-23-7-9-24(55)10-8-23/h7-10,21-22,25-29,36,55H,6,11-20H2,1-5H3,(H2,43,56)(H2,44,57)(H2,45,58)(H,46,59)(H,47,62)(H,48,60)(H,49,61)(H,50,66)(H,51,64)(H,52,63)(H,53,65)/t22-,25-,26-,27-,28-,29-,36-/m0/s1. The number of phenols is 1. The third-order valence-corrected chi connectivity index (χ3v) is 10.4. The van der Waals surface area contributed by atoms with Gasteiger partial charge >= 0.3 is 0 Å². The molecule has 25 heteroatoms. The number of hydrogen-bond acceptors (Lipinski definition) is 13. The van der Waals surface area contributed by atoms with E-state index >= 15 is 0 Å². The molecule has 1 saturated heterocycles. The molecule has 25 nitrogen and oxygen atoms in total. The Morgan fingerprint density at radius 1 is 0.776 bits per heavy atom. The molecule has 15 N–H and O–H groups in total. The summed E-state index contributed by atoms with van der Waals surface area (Å²) in [5, 5.41) is 29.3. The Morgan fingerprint density at radius 2 is 1.39 bits per heavy atom. The van der Waals surface area contributed by atoms with Crippen LogP contribution < -0.4 is 59.7 Å². The second-order valence-corrected chi connectivity index (χ2v) is 16.7. The number of likely N-dealkylation sites (N-methyl/N-ethyl adjacent to an activating group) is 1. The first-order valence-electron chi connectivity index (χ1n) is 21.6. The van der Waals surface area contributed by atoms with Crippen LogP contribution in [0.5, 0.6) is 5.75 Å². The number of primary amides is 3. The summed E-state index contributed by atoms with van der Waals surface area (Å²) in [5.74, 6) is -11.8. The number of nitrogens with zero attached hydrogens (tertiary/aromatic N) is 1. The average molecular weight is 945 g/mol. The zero-order valence-electron chi connectivity index (χ0n) is 38.2. The third-order valence-electron chi connectivity index (χ3n) is 10.4. The van der Waals surface area contributed by atoms with Crippen LogP contribution in [0.3, 0.4) is 0 Å². The lowest BCUT2D eigenvalue weighted by Crippen LogP contribution is -2.61. The summed E-state index contributed by atoms with van der Waals surface area (Å²) >= 11 is 0. The van der Waals surface area contributed by atoms with E-state index in [1.165, 1.54) is 31.3 Å². The molecule has 0 bridgehead atoms. The number of amides is 12. The molecule has 1 aromatic rings. The van der Waals surface area contributed by atoms with Crippen LogP contribution >= 0.6 is 0 Å². The van der Waals surface area contributed by atoms with Gasteiger partial charge in [0.25, 0.3) is 0 Å². The Hall–Kier alpha value is -7.34. The van der Waals surface area contributed by atoms with Gasteiger partial charge in [-0.2, -0.15) is 0 Å². The predicted molar refractivity (Wildman–Crippen MR) is 237 cm³/mol. The van der Waals surface area contributed by atoms with Crippen LogP contribution in [0.4, 0.5) is 0 Å². The van der Waals surface area contributed by atoms with Gasteiger partial charge in [0.2, 0.25) is 70.9 Å². The number of hydrogen-bond donors (Lipinski definition) is 12. The fourth-order valence-corrected chi connectivity index (χ4v) is 6.65. The highest BCUT2D eigenvalue weighted by Crippen LogP contribution is 2.15. The van der Waals surface area contributed by atoms with Crippen LogP contribution in [0.25, 0.3) is 0 Å². The molecule has 1 aromatic carbocycles. The molecular formula is C42H64N12O13. The Kier molecular flexibility index (Phi) is 22.7. The van der Waals surface area contributed by atoms with Crippen LogP contribution in [-0.2, 0) is 64.0 Å². The summed E-state index contributed by atoms with van der Waals surface area (Å²) in [7, 11) is 1.17. The predicted octanol–water partition coefficient (Wildman–Crippen LogP) is -4.95. The number of carbonyl (C=O) groups excluding carboxylic acids is 12. The van der Waals surface area contributed by atoms with E-state index in [4.69, 9.17) is 17.2 Å². The summed E-state index contributed by atoms with van der Waals surface area (Å²) in [4.78, 5) is 158. The number of carbonyl (C=O) groups is 12. The second-order valence-electron chi connectivity index (χ2n) is 16.7. The SMILES string of the molecule is CC[C@H](C)[C@@H]1NC(=O)[C@H](Cc2ccc(O)cc2)NC(=O)CNC(=O)CC[C@@H](C(=O)N(C)CC(=O)N[C@@H](CC(C)C)C(=O)NCC(N)=O)NC(=O)[C@H](CC(N)=O)NC(=O)[C@H](CCC(N)=O)NC1=O. The molecule has 0 radical (unpaired) electrons. The van der Waals surface area contributed by atoms with Gasteiger partial charge in [0.15, 0.2) is 0 Å². The molecule has 0 aliphatic carbocycles. The molecule has 0 spiro atoms. The van der Waals surface area contributed by atoms with Crippen molar-refractivity contribution in [2.45, 2.75) is 115 Å². The largest absolute Gasteiger partial charge is 0.508 e. The Labute approximate surface area is 386 Å². The van der Waals surface area contributed by atoms with Gasteiger partial charge in [0.05, 0.1) is 26.1 Å². The van der Waals surface area contributed by atoms with Crippen molar-refractivity contribution < 1.29 is 62.6 Å². The molecular weight excluding hydrogens is 881 g/mol. The summed E-state index contributed by atoms with van der Waals surface area (Å²) in [6, 6.07) is -3.27. The van der Waals surface area contributed by atoms with Crippen molar-refractivity contribution in [3.05, 3.63) is 29.8 Å². The van der Waals surface area contributed by atoms with Gasteiger partial charge in [0.1, 0.15) is 42.0 Å². The minimum Gasteiger partial charge on any atom is -0.508 e. The van der Waals surface area contributed by atoms with Crippen molar-refractivity contribution in [1.29, 1.82) is 0 Å². The fourth-order valence-electron chi connectivity index (χ4n) is 6.65. The van der Waals surface area contributed by atoms with E-state index in [9.17, 15) is 62.6 Å². The van der Waals surface area contributed by atoms with Crippen LogP contribution in [-0.4, -0.2) is 144 Å². The second kappa shape index (κ2) is 27.2. The molecule has 1 aliphatic heterocycles. The lowest BCUT2D eigenvalue weighted by molar-refractivity contribution is -0.140. The number of nitrogens with one attached hydrogen (secondary N) is 8. The van der Waals surface area contributed by atoms with E-state index in [-0.39, 0.29) is 24.5 Å². The molecule has 0 saturated carbocycles. The first kappa shape index (κ1) is 55.8. The fraction of sp³-hybridized carbons (Fsp3) is 0.571. The summed E-state index contributed by atoms with van der Waals surface area (Å²) in [6.07, 6.45) is -2.48. The molecule has 0 aromatic heterocycles. The van der Waals surface area contributed by atoms with E-state index in [0.717, 1.165) is 4.90 Å². The highest BCUT2D eigenvalue weighted by molar-refractivity contribution is 5.99. The van der Waals surface area contributed by atoms with Gasteiger partial charge in [0, 0.05) is 26.3 Å². The first-order chi connectivity index (χ1) is 31.4. The number of benzene rings is 1. The van der Waals surface area contributed by atoms with Gasteiger partial charge < -0.3 is 69.7 Å². The maximum absolute atomic E-state index is 14.0. The third kappa shape index (κ3) is 20.2. The van der Waals surface area contributed by atoms with Crippen molar-refractivity contribution in [3.8, 4) is 5.75 Å². The smallest absolute Gasteiger partial charge is 0.245 e. The maximum Gasteiger partial charge on any atom is 0.245 e. The molecule has 7 atom stereocenters. The van der Waals surface area contributed by atoms with Crippen LogP contribution in [0.1, 0.15) is 78.2 Å². The van der Waals surface area contributed by atoms with Crippen molar-refractivity contribution >= 4 is 70.9 Å². The zero-order valence-corrected chi connectivity index (χ0v) is 38.2. The Balaban J connectivity index is 2.59. The van der Waals surface area contributed by atoms with Crippen molar-refractivity contribution in [1.82, 2.24) is 47.4 Å². The van der Waals surface area contributed by atoms with Crippen LogP contribution in [0, 0.1) is 11.8 Å². The quantitative estimate of drug-likeness (QED) is 0.0657. The van der Waals surface area contributed by atoms with E-state index in [2.05, 4.69) is 42.5 Å². The normalized spacial score (nSPS) is 21.1. The van der Waals surface area contributed by atoms with Gasteiger partial charge in [-0.25, -0.2) is 0 Å². The highest BCUT2D eigenvalue weighted by atomic mass is 16.3. The number of rotatable bonds is 18. The molecule has 1 aliphatic rings. The highest BCUT2D eigenvalue weighted by Gasteiger charge is 2.36. The summed E-state index contributed by atoms with van der Waals surface area (Å²) in [5.41, 5.74) is 16.4. The molecule has 2 rings (SSSR count). The van der Waals surface area contributed by atoms with E-state index < -0.39 is 165 Å². The van der Waals surface area contributed by atoms with Gasteiger partial charge in [-0.15, -0.1) is 0 Å². The maximum atomic E-state index is 14.0. The minimum absolute atomic E-state index is 0.0722. The number of nitrogens with two attached hydrogens (primary N) is 3. The topological polar surface area (TPSA) is 403 Å². The van der Waals surface area contributed by atoms with Gasteiger partial charge in [-0.3, -0.25) is 57.5 Å². The Morgan fingerprint density at radius 3 is 1.97 bits per heavy atom. The van der Waals surface area contributed by atoms with Crippen LogP contribution in [0.2, 0.25) is 0 Å². The summed E-state index contributed by atoms with van der Waals surface area (Å²) in [6.45, 7) is 5.00. The lowest BCUT2D eigenvalue weighted by Gasteiger charge is -2.29. The molecule has 0 unspecified atom stereocenters. The van der Waals surface area contributed by atoms with E-state index in [0.29, 0.717) is 12.0 Å². The minimum atomic E-state index is -1.83. The molecule has 1 heterocycles. The molecule has 67 heavy (non-hydrogen) atoms. The Bertz CT molecular complexity index is 2000. The van der Waals surface area contributed by atoms with Crippen molar-refractivity contribution in [2.75, 3.05) is 26.7 Å². The number of aromatic hydroxyl groups is 1. The number of phenolic OH excluding ortho intramolecular Hbond substituents is 1. The van der Waals surface area contributed by atoms with Gasteiger partial charge in [-0.05, 0) is 48.8 Å². The molecule has 1 fully saturated rings. The molecule has 12 amide bonds. The van der Waals surface area contributed by atoms with Crippen molar-refractivity contribution in [3.63, 3.8) is 0 Å². The van der Waals surface area contributed by atoms with E-state index in [1.54, 1.807) is 27.7 Å². The van der Waals surface area contributed by atoms with E-state index in [1.807, 2.05) is 0 Å². The van der Waals surface area contributed by atoms with Crippen LogP contribution in [0.15, 0.2) is 24.3 Å². The first-order valence-corrected chi connectivity index (χ1v) is 21.6. The zero-order chi connectivity index (χ0) is 50.5. The summed E-state index contributed by atoms with van der Waals surface area (Å²) < 4.78 is 0. The van der Waals surface area contributed by atoms with Crippen molar-refractivity contribution in [2.24, 2.45) is 29.0 Å². The van der Waals surface area contributed by atoms with Gasteiger partial charge in [-0.1, -0.05) is 46.2 Å². The lowest BCUT2D eigenvalue weighted by atomic mass is 9.96. The monoisotopic (exact) mass is 944 g/mol.